The molecule has 0 bridgehead atoms. The second-order valence-corrected chi connectivity index (χ2v) is 6.59. The Morgan fingerprint density at radius 2 is 1.85 bits per heavy atom. The summed E-state index contributed by atoms with van der Waals surface area (Å²) in [7, 11) is 1.86. The number of hydrogen-bond acceptors (Lipinski definition) is 6. The number of nitrogens with zero attached hydrogens (tertiary/aromatic N) is 6. The third-order valence-electron chi connectivity index (χ3n) is 4.80. The zero-order chi connectivity index (χ0) is 18.8. The Bertz CT molecular complexity index is 934. The zero-order valence-corrected chi connectivity index (χ0v) is 15.4. The van der Waals surface area contributed by atoms with Crippen LogP contribution in [0.5, 0.6) is 5.75 Å². The third-order valence-corrected chi connectivity index (χ3v) is 4.80. The number of ether oxygens (including phenoxy) is 1. The molecule has 8 heteroatoms. The van der Waals surface area contributed by atoms with Crippen molar-refractivity contribution in [3.05, 3.63) is 42.9 Å². The van der Waals surface area contributed by atoms with Gasteiger partial charge in [0.1, 0.15) is 17.9 Å². The molecule has 1 aliphatic heterocycles. The van der Waals surface area contributed by atoms with Gasteiger partial charge in [0, 0.05) is 33.2 Å². The lowest BCUT2D eigenvalue weighted by molar-refractivity contribution is -0.138. The Kier molecular flexibility index (Phi) is 4.62. The van der Waals surface area contributed by atoms with Crippen LogP contribution in [0.4, 0.5) is 5.82 Å². The van der Waals surface area contributed by atoms with Crippen molar-refractivity contribution in [1.82, 2.24) is 24.6 Å². The molecule has 1 amide bonds. The van der Waals surface area contributed by atoms with Crippen molar-refractivity contribution in [2.45, 2.75) is 13.0 Å². The molecule has 4 rings (SSSR count). The number of aryl methyl sites for hydroxylation is 1. The van der Waals surface area contributed by atoms with Crippen LogP contribution in [0.2, 0.25) is 0 Å². The number of rotatable bonds is 4. The number of carbonyl (C=O) groups is 1. The Morgan fingerprint density at radius 1 is 1.11 bits per heavy atom. The van der Waals surface area contributed by atoms with Crippen LogP contribution in [0.3, 0.4) is 0 Å². The van der Waals surface area contributed by atoms with Gasteiger partial charge in [-0.3, -0.25) is 9.48 Å². The number of fused-ring (bicyclic) bond motifs is 1. The Morgan fingerprint density at radius 3 is 2.59 bits per heavy atom. The van der Waals surface area contributed by atoms with Crippen molar-refractivity contribution in [2.24, 2.45) is 7.05 Å². The molecular weight excluding hydrogens is 344 g/mol. The fraction of sp³-hybridized carbons (Fsp3) is 0.368. The van der Waals surface area contributed by atoms with Gasteiger partial charge in [-0.2, -0.15) is 5.10 Å². The molecule has 8 nitrogen and oxygen atoms in total. The van der Waals surface area contributed by atoms with E-state index in [-0.39, 0.29) is 5.91 Å². The molecule has 1 saturated heterocycles. The molecular formula is C19H22N6O2. The highest BCUT2D eigenvalue weighted by Gasteiger charge is 2.27. The molecule has 1 fully saturated rings. The fourth-order valence-corrected chi connectivity index (χ4v) is 3.35. The summed E-state index contributed by atoms with van der Waals surface area (Å²) in [6.45, 7) is 4.49. The minimum absolute atomic E-state index is 0.00714. The van der Waals surface area contributed by atoms with Crippen LogP contribution in [-0.4, -0.2) is 62.8 Å². The van der Waals surface area contributed by atoms with Gasteiger partial charge in [-0.05, 0) is 19.1 Å². The van der Waals surface area contributed by atoms with Crippen molar-refractivity contribution < 1.29 is 9.53 Å². The van der Waals surface area contributed by atoms with Gasteiger partial charge in [-0.15, -0.1) is 0 Å². The summed E-state index contributed by atoms with van der Waals surface area (Å²) in [6.07, 6.45) is 2.84. The van der Waals surface area contributed by atoms with Crippen molar-refractivity contribution in [3.8, 4) is 5.75 Å². The maximum Gasteiger partial charge on any atom is 0.263 e. The predicted octanol–water partition coefficient (Wildman–Crippen LogP) is 1.48. The second-order valence-electron chi connectivity index (χ2n) is 6.59. The Balaban J connectivity index is 1.40. The van der Waals surface area contributed by atoms with Gasteiger partial charge in [-0.1, -0.05) is 18.2 Å². The first-order valence-corrected chi connectivity index (χ1v) is 9.01. The van der Waals surface area contributed by atoms with E-state index in [1.165, 1.54) is 0 Å². The average molecular weight is 366 g/mol. The molecule has 0 aliphatic carbocycles. The van der Waals surface area contributed by atoms with E-state index < -0.39 is 6.10 Å². The fourth-order valence-electron chi connectivity index (χ4n) is 3.35. The number of benzene rings is 1. The van der Waals surface area contributed by atoms with Gasteiger partial charge in [0.05, 0.1) is 11.6 Å². The summed E-state index contributed by atoms with van der Waals surface area (Å²) in [5.41, 5.74) is 0.809. The number of carbonyl (C=O) groups excluding carboxylic acids is 1. The van der Waals surface area contributed by atoms with Crippen LogP contribution in [0.25, 0.3) is 11.0 Å². The van der Waals surface area contributed by atoms with Gasteiger partial charge >= 0.3 is 0 Å². The van der Waals surface area contributed by atoms with Crippen LogP contribution < -0.4 is 9.64 Å². The molecule has 2 aromatic heterocycles. The van der Waals surface area contributed by atoms with Gasteiger partial charge in [0.15, 0.2) is 11.8 Å². The van der Waals surface area contributed by atoms with E-state index in [0.717, 1.165) is 16.9 Å². The van der Waals surface area contributed by atoms with Crippen LogP contribution >= 0.6 is 0 Å². The van der Waals surface area contributed by atoms with Crippen molar-refractivity contribution in [1.29, 1.82) is 0 Å². The van der Waals surface area contributed by atoms with Crippen LogP contribution in [0.15, 0.2) is 42.9 Å². The summed E-state index contributed by atoms with van der Waals surface area (Å²) >= 11 is 0. The van der Waals surface area contributed by atoms with Gasteiger partial charge in [0.2, 0.25) is 0 Å². The second kappa shape index (κ2) is 7.22. The lowest BCUT2D eigenvalue weighted by Crippen LogP contribution is -2.52. The number of piperazine rings is 1. The molecule has 27 heavy (non-hydrogen) atoms. The molecule has 1 aliphatic rings. The lowest BCUT2D eigenvalue weighted by atomic mass is 10.2. The average Bonchev–Trinajstić information content (AvgIpc) is 3.09. The lowest BCUT2D eigenvalue weighted by Gasteiger charge is -2.36. The molecule has 0 saturated carbocycles. The van der Waals surface area contributed by atoms with Crippen molar-refractivity contribution in [3.63, 3.8) is 0 Å². The zero-order valence-electron chi connectivity index (χ0n) is 15.4. The number of amides is 1. The predicted molar refractivity (Wildman–Crippen MR) is 102 cm³/mol. The monoisotopic (exact) mass is 366 g/mol. The molecule has 3 aromatic rings. The largest absolute Gasteiger partial charge is 0.481 e. The topological polar surface area (TPSA) is 76.4 Å². The molecule has 0 spiro atoms. The Labute approximate surface area is 157 Å². The standard InChI is InChI=1S/C19H22N6O2/c1-14(27-15-6-4-3-5-7-15)19(26)25-10-8-24(9-11-25)18-16-12-22-23(2)17(16)20-13-21-18/h3-7,12-14H,8-11H2,1-2H3. The Hall–Kier alpha value is -3.16. The van der Waals surface area contributed by atoms with E-state index in [2.05, 4.69) is 20.0 Å². The highest BCUT2D eigenvalue weighted by atomic mass is 16.5. The normalized spacial score (nSPS) is 15.8. The number of para-hydroxylation sites is 1. The van der Waals surface area contributed by atoms with Gasteiger partial charge < -0.3 is 14.5 Å². The third kappa shape index (κ3) is 3.42. The number of aromatic nitrogens is 4. The minimum atomic E-state index is -0.511. The van der Waals surface area contributed by atoms with E-state index in [4.69, 9.17) is 4.74 Å². The SMILES string of the molecule is CC(Oc1ccccc1)C(=O)N1CCN(c2ncnc3c2cnn3C)CC1. The molecule has 1 unspecified atom stereocenters. The van der Waals surface area contributed by atoms with E-state index in [1.807, 2.05) is 42.3 Å². The first kappa shape index (κ1) is 17.3. The molecule has 3 heterocycles. The van der Waals surface area contributed by atoms with Crippen LogP contribution in [-0.2, 0) is 11.8 Å². The first-order chi connectivity index (χ1) is 13.1. The maximum absolute atomic E-state index is 12.7. The summed E-state index contributed by atoms with van der Waals surface area (Å²) in [4.78, 5) is 25.5. The molecule has 140 valence electrons. The van der Waals surface area contributed by atoms with Crippen LogP contribution in [0.1, 0.15) is 6.92 Å². The summed E-state index contributed by atoms with van der Waals surface area (Å²) in [5, 5.41) is 5.19. The van der Waals surface area contributed by atoms with Gasteiger partial charge in [0.25, 0.3) is 5.91 Å². The van der Waals surface area contributed by atoms with E-state index in [0.29, 0.717) is 31.9 Å². The summed E-state index contributed by atoms with van der Waals surface area (Å²) < 4.78 is 7.50. The smallest absolute Gasteiger partial charge is 0.263 e. The van der Waals surface area contributed by atoms with Crippen LogP contribution in [0, 0.1) is 0 Å². The molecule has 0 N–H and O–H groups in total. The maximum atomic E-state index is 12.7. The van der Waals surface area contributed by atoms with E-state index >= 15 is 0 Å². The quantitative estimate of drug-likeness (QED) is 0.696. The minimum Gasteiger partial charge on any atom is -0.481 e. The molecule has 0 radical (unpaired) electrons. The number of hydrogen-bond donors (Lipinski definition) is 0. The first-order valence-electron chi connectivity index (χ1n) is 9.01. The van der Waals surface area contributed by atoms with E-state index in [9.17, 15) is 4.79 Å². The van der Waals surface area contributed by atoms with Crippen molar-refractivity contribution in [2.75, 3.05) is 31.1 Å². The highest BCUT2D eigenvalue weighted by Crippen LogP contribution is 2.23. The summed E-state index contributed by atoms with van der Waals surface area (Å²) in [5.74, 6) is 1.58. The molecule has 1 atom stereocenters. The molecule has 1 aromatic carbocycles. The number of anilines is 1. The van der Waals surface area contributed by atoms with E-state index in [1.54, 1.807) is 24.1 Å². The summed E-state index contributed by atoms with van der Waals surface area (Å²) in [6, 6.07) is 9.43. The highest BCUT2D eigenvalue weighted by molar-refractivity contribution is 5.87. The van der Waals surface area contributed by atoms with Crippen molar-refractivity contribution >= 4 is 22.8 Å². The van der Waals surface area contributed by atoms with Gasteiger partial charge in [-0.25, -0.2) is 9.97 Å².